The molecule has 0 bridgehead atoms. The van der Waals surface area contributed by atoms with E-state index in [0.29, 0.717) is 24.8 Å². The summed E-state index contributed by atoms with van der Waals surface area (Å²) in [5.41, 5.74) is -3.22. The lowest BCUT2D eigenvalue weighted by molar-refractivity contribution is -0.265. The van der Waals surface area contributed by atoms with Crippen LogP contribution in [0.5, 0.6) is 0 Å². The topological polar surface area (TPSA) is 106 Å². The molecule has 28 heavy (non-hydrogen) atoms. The van der Waals surface area contributed by atoms with Gasteiger partial charge in [-0.1, -0.05) is 13.8 Å². The molecule has 3 fully saturated rings. The number of hydrogen-bond donors (Lipinski definition) is 2. The normalized spacial score (nSPS) is 51.2. The molecule has 3 heterocycles. The highest BCUT2D eigenvalue weighted by Crippen LogP contribution is 2.69. The first-order chi connectivity index (χ1) is 13.0. The quantitative estimate of drug-likeness (QED) is 0.647. The molecule has 0 aromatic rings. The Hall–Kier alpha value is -1.44. The van der Waals surface area contributed by atoms with Crippen molar-refractivity contribution in [3.63, 3.8) is 0 Å². The fraction of sp³-hybridized carbons (Fsp3) is 0.810. The number of carbonyl (C=O) groups is 2. The molecular formula is C21H28O7. The third-order valence-corrected chi connectivity index (χ3v) is 8.52. The highest BCUT2D eigenvalue weighted by Gasteiger charge is 2.80. The maximum atomic E-state index is 13.4. The Morgan fingerprint density at radius 1 is 1.11 bits per heavy atom. The van der Waals surface area contributed by atoms with Crippen LogP contribution in [-0.4, -0.2) is 57.9 Å². The highest BCUT2D eigenvalue weighted by molar-refractivity contribution is 5.98. The molecule has 0 radical (unpaired) electrons. The van der Waals surface area contributed by atoms with Crippen molar-refractivity contribution in [2.75, 3.05) is 6.61 Å². The Morgan fingerprint density at radius 2 is 1.82 bits per heavy atom. The second-order valence-corrected chi connectivity index (χ2v) is 10.1. The third-order valence-electron chi connectivity index (χ3n) is 8.52. The van der Waals surface area contributed by atoms with Crippen molar-refractivity contribution in [1.29, 1.82) is 0 Å². The van der Waals surface area contributed by atoms with E-state index in [9.17, 15) is 19.8 Å². The van der Waals surface area contributed by atoms with Crippen LogP contribution >= 0.6 is 0 Å². The number of ether oxygens (including phenoxy) is 3. The summed E-state index contributed by atoms with van der Waals surface area (Å²) in [7, 11) is 0. The summed E-state index contributed by atoms with van der Waals surface area (Å²) in [5, 5.41) is 21.3. The zero-order valence-corrected chi connectivity index (χ0v) is 16.8. The second-order valence-electron chi connectivity index (χ2n) is 10.1. The zero-order chi connectivity index (χ0) is 20.3. The molecule has 0 aromatic carbocycles. The molecule has 7 heteroatoms. The number of carbonyl (C=O) groups excluding carboxylic acids is 2. The fourth-order valence-electron chi connectivity index (χ4n) is 6.57. The summed E-state index contributed by atoms with van der Waals surface area (Å²) in [5.74, 6) is -0.387. The van der Waals surface area contributed by atoms with E-state index in [1.165, 1.54) is 0 Å². The number of aliphatic hydroxyl groups is 2. The van der Waals surface area contributed by atoms with E-state index in [1.807, 2.05) is 27.7 Å². The summed E-state index contributed by atoms with van der Waals surface area (Å²) in [4.78, 5) is 26.1. The lowest BCUT2D eigenvalue weighted by Crippen LogP contribution is -2.74. The number of rotatable bonds is 1. The largest absolute Gasteiger partial charge is 0.459 e. The number of ketones is 2. The van der Waals surface area contributed by atoms with Gasteiger partial charge in [-0.25, -0.2) is 0 Å². The van der Waals surface area contributed by atoms with Crippen molar-refractivity contribution in [2.24, 2.45) is 16.7 Å². The Bertz CT molecular complexity index is 816. The van der Waals surface area contributed by atoms with Gasteiger partial charge in [0.2, 0.25) is 0 Å². The first-order valence-corrected chi connectivity index (χ1v) is 10.1. The number of fused-ring (bicyclic) bond motifs is 4. The van der Waals surface area contributed by atoms with Crippen molar-refractivity contribution >= 4 is 11.6 Å². The molecule has 2 saturated carbocycles. The van der Waals surface area contributed by atoms with Gasteiger partial charge in [0, 0.05) is 11.3 Å². The van der Waals surface area contributed by atoms with Crippen LogP contribution in [0, 0.1) is 16.7 Å². The lowest BCUT2D eigenvalue weighted by Gasteiger charge is -2.65. The first kappa shape index (κ1) is 18.6. The van der Waals surface area contributed by atoms with Crippen molar-refractivity contribution in [3.8, 4) is 0 Å². The molecule has 0 amide bonds. The Kier molecular flexibility index (Phi) is 3.44. The summed E-state index contributed by atoms with van der Waals surface area (Å²) in [6.07, 6.45) is 0.00903. The van der Waals surface area contributed by atoms with E-state index in [2.05, 4.69) is 0 Å². The van der Waals surface area contributed by atoms with Gasteiger partial charge >= 0.3 is 0 Å². The fourth-order valence-corrected chi connectivity index (χ4v) is 6.57. The average molecular weight is 392 g/mol. The van der Waals surface area contributed by atoms with Gasteiger partial charge < -0.3 is 24.4 Å². The van der Waals surface area contributed by atoms with E-state index in [1.54, 1.807) is 0 Å². The van der Waals surface area contributed by atoms with E-state index in [-0.39, 0.29) is 42.6 Å². The maximum absolute atomic E-state index is 13.4. The molecule has 0 aromatic heterocycles. The van der Waals surface area contributed by atoms with Gasteiger partial charge in [0.05, 0.1) is 35.7 Å². The van der Waals surface area contributed by atoms with Crippen molar-refractivity contribution in [3.05, 3.63) is 11.5 Å². The highest BCUT2D eigenvalue weighted by atomic mass is 16.7. The molecule has 7 atom stereocenters. The molecule has 5 aliphatic rings. The maximum Gasteiger partial charge on any atom is 0.287 e. The van der Waals surface area contributed by atoms with Crippen LogP contribution in [0.2, 0.25) is 0 Å². The van der Waals surface area contributed by atoms with Gasteiger partial charge in [-0.3, -0.25) is 9.59 Å². The van der Waals surface area contributed by atoms with Gasteiger partial charge in [-0.2, -0.15) is 0 Å². The SMILES string of the molecule is CC12CCC3(O)C(C)(C)C4OC4C(=O)C3(C)C1CC1=C(OC(CO)CC1=O)O2. The van der Waals surface area contributed by atoms with Gasteiger partial charge in [-0.05, 0) is 33.1 Å². The molecule has 2 N–H and O–H groups in total. The minimum atomic E-state index is -1.24. The van der Waals surface area contributed by atoms with Crippen LogP contribution in [0.1, 0.15) is 53.4 Å². The Labute approximate surface area is 164 Å². The van der Waals surface area contributed by atoms with Crippen LogP contribution in [0.25, 0.3) is 0 Å². The second kappa shape index (κ2) is 5.18. The summed E-state index contributed by atoms with van der Waals surface area (Å²) < 4.78 is 17.7. The monoisotopic (exact) mass is 392 g/mol. The number of aliphatic hydroxyl groups excluding tert-OH is 1. The molecule has 3 aliphatic heterocycles. The molecule has 5 rings (SSSR count). The van der Waals surface area contributed by atoms with Crippen molar-refractivity contribution in [2.45, 2.75) is 82.9 Å². The Morgan fingerprint density at radius 3 is 2.50 bits per heavy atom. The number of allylic oxidation sites excluding steroid dienone is 1. The first-order valence-electron chi connectivity index (χ1n) is 10.1. The van der Waals surface area contributed by atoms with Gasteiger partial charge in [0.25, 0.3) is 5.95 Å². The standard InChI is InChI=1S/C21H28O7/c1-18(2)16-14(27-16)15(24)20(4)13-8-11-12(23)7-10(9-22)26-17(11)28-19(13,3)5-6-21(18,20)25/h10,13-14,16,22,25H,5-9H2,1-4H3. The molecule has 7 nitrogen and oxygen atoms in total. The number of Topliss-reactive ketones (excluding diaryl/α,β-unsaturated/α-hetero) is 2. The average Bonchev–Trinajstić information content (AvgIpc) is 3.44. The van der Waals surface area contributed by atoms with E-state index in [0.717, 1.165) is 0 Å². The predicted molar refractivity (Wildman–Crippen MR) is 95.9 cm³/mol. The molecular weight excluding hydrogens is 364 g/mol. The van der Waals surface area contributed by atoms with E-state index < -0.39 is 34.2 Å². The minimum Gasteiger partial charge on any atom is -0.459 e. The lowest BCUT2D eigenvalue weighted by atomic mass is 9.41. The Balaban J connectivity index is 1.62. The minimum absolute atomic E-state index is 0.0830. The molecule has 1 saturated heterocycles. The van der Waals surface area contributed by atoms with Gasteiger partial charge in [-0.15, -0.1) is 0 Å². The number of hydrogen-bond acceptors (Lipinski definition) is 7. The van der Waals surface area contributed by atoms with Crippen LogP contribution < -0.4 is 0 Å². The number of epoxide rings is 1. The molecule has 0 spiro atoms. The van der Waals surface area contributed by atoms with Crippen LogP contribution in [0.15, 0.2) is 11.5 Å². The van der Waals surface area contributed by atoms with E-state index >= 15 is 0 Å². The van der Waals surface area contributed by atoms with Gasteiger partial charge in [0.1, 0.15) is 17.8 Å². The summed E-state index contributed by atoms with van der Waals surface area (Å²) >= 11 is 0. The van der Waals surface area contributed by atoms with Gasteiger partial charge in [0.15, 0.2) is 11.6 Å². The molecule has 154 valence electrons. The summed E-state index contributed by atoms with van der Waals surface area (Å²) in [6.45, 7) is 7.45. The smallest absolute Gasteiger partial charge is 0.287 e. The third kappa shape index (κ3) is 1.91. The molecule has 7 unspecified atom stereocenters. The van der Waals surface area contributed by atoms with Crippen molar-refractivity contribution in [1.82, 2.24) is 0 Å². The van der Waals surface area contributed by atoms with Crippen LogP contribution in [0.3, 0.4) is 0 Å². The molecule has 2 aliphatic carbocycles. The zero-order valence-electron chi connectivity index (χ0n) is 16.8. The van der Waals surface area contributed by atoms with Crippen LogP contribution in [-0.2, 0) is 23.8 Å². The van der Waals surface area contributed by atoms with Crippen molar-refractivity contribution < 1.29 is 34.0 Å². The van der Waals surface area contributed by atoms with Crippen LogP contribution in [0.4, 0.5) is 0 Å². The van der Waals surface area contributed by atoms with E-state index in [4.69, 9.17) is 14.2 Å². The predicted octanol–water partition coefficient (Wildman–Crippen LogP) is 1.25. The summed E-state index contributed by atoms with van der Waals surface area (Å²) in [6, 6.07) is 0.